The number of nitrogens with zero attached hydrogens (tertiary/aromatic N) is 6. The van der Waals surface area contributed by atoms with E-state index in [0.717, 1.165) is 67.3 Å². The summed E-state index contributed by atoms with van der Waals surface area (Å²) >= 11 is 0. The molecule has 4 aromatic carbocycles. The smallest absolute Gasteiger partial charge is 0.121 e. The Hall–Kier alpha value is -4.92. The lowest BCUT2D eigenvalue weighted by molar-refractivity contribution is 0.281. The summed E-state index contributed by atoms with van der Waals surface area (Å²) in [5.41, 5.74) is 11.3. The molecule has 0 atom stereocenters. The van der Waals surface area contributed by atoms with E-state index < -0.39 is 0 Å². The second kappa shape index (κ2) is 10.00. The molecule has 40 heavy (non-hydrogen) atoms. The molecule has 1 aliphatic carbocycles. The van der Waals surface area contributed by atoms with Crippen LogP contribution in [0.4, 0.5) is 0 Å². The van der Waals surface area contributed by atoms with Gasteiger partial charge < -0.3 is 10.2 Å². The third-order valence-corrected chi connectivity index (χ3v) is 7.42. The van der Waals surface area contributed by atoms with Crippen LogP contribution in [-0.2, 0) is 26.3 Å². The summed E-state index contributed by atoms with van der Waals surface area (Å²) in [6.45, 7) is 1.09. The van der Waals surface area contributed by atoms with Crippen LogP contribution in [0.1, 0.15) is 22.3 Å². The van der Waals surface area contributed by atoms with Gasteiger partial charge >= 0.3 is 0 Å². The van der Waals surface area contributed by atoms with E-state index in [2.05, 4.69) is 44.9 Å². The lowest BCUT2D eigenvalue weighted by Gasteiger charge is -2.19. The minimum absolute atomic E-state index is 0.0127. The fourth-order valence-corrected chi connectivity index (χ4v) is 5.38. The summed E-state index contributed by atoms with van der Waals surface area (Å²) in [7, 11) is 0. The summed E-state index contributed by atoms with van der Waals surface area (Å²) in [4.78, 5) is 0. The first kappa shape index (κ1) is 24.1. The Balaban J connectivity index is 1.42. The van der Waals surface area contributed by atoms with Crippen molar-refractivity contribution >= 4 is 0 Å². The standard InChI is InChI=1S/C32H26N6O2/c39-19-23-13-9-21(10-14-23)17-37-31-27-7-3-4-8-28(27)32-30(26-6-2-1-5-25(26)29(31)33-35-37)34-36-38(32)18-22-11-15-24(20-40)16-12-22/h1-16,39-40H,17-20H2. The highest BCUT2D eigenvalue weighted by Crippen LogP contribution is 2.46. The van der Waals surface area contributed by atoms with Gasteiger partial charge in [-0.25, -0.2) is 9.36 Å². The lowest BCUT2D eigenvalue weighted by Crippen LogP contribution is -2.08. The van der Waals surface area contributed by atoms with Crippen molar-refractivity contribution in [2.45, 2.75) is 26.3 Å². The summed E-state index contributed by atoms with van der Waals surface area (Å²) < 4.78 is 3.90. The average Bonchev–Trinajstić information content (AvgIpc) is 3.61. The maximum absolute atomic E-state index is 9.45. The molecule has 0 aliphatic heterocycles. The van der Waals surface area contributed by atoms with Crippen molar-refractivity contribution < 1.29 is 10.2 Å². The van der Waals surface area contributed by atoms with E-state index in [1.165, 1.54) is 0 Å². The molecule has 0 unspecified atom stereocenters. The topological polar surface area (TPSA) is 102 Å². The van der Waals surface area contributed by atoms with Crippen LogP contribution in [0.3, 0.4) is 0 Å². The van der Waals surface area contributed by atoms with Crippen LogP contribution in [0.25, 0.3) is 45.0 Å². The van der Waals surface area contributed by atoms with Crippen molar-refractivity contribution in [2.24, 2.45) is 0 Å². The molecule has 1 aliphatic rings. The van der Waals surface area contributed by atoms with Crippen molar-refractivity contribution in [1.82, 2.24) is 30.0 Å². The van der Waals surface area contributed by atoms with Crippen molar-refractivity contribution in [3.63, 3.8) is 0 Å². The van der Waals surface area contributed by atoms with Gasteiger partial charge in [0.15, 0.2) is 0 Å². The molecule has 0 spiro atoms. The molecule has 0 amide bonds. The predicted octanol–water partition coefficient (Wildman–Crippen LogP) is 4.93. The maximum Gasteiger partial charge on any atom is 0.121 e. The molecule has 7 rings (SSSR count). The number of aromatic nitrogens is 6. The fourth-order valence-electron chi connectivity index (χ4n) is 5.38. The predicted molar refractivity (Wildman–Crippen MR) is 152 cm³/mol. The van der Waals surface area contributed by atoms with E-state index in [9.17, 15) is 10.2 Å². The molecular formula is C32H26N6O2. The highest BCUT2D eigenvalue weighted by atomic mass is 16.3. The zero-order chi connectivity index (χ0) is 27.1. The van der Waals surface area contributed by atoms with Crippen molar-refractivity contribution in [2.75, 3.05) is 0 Å². The molecule has 0 fully saturated rings. The highest BCUT2D eigenvalue weighted by molar-refractivity contribution is 5.98. The lowest BCUT2D eigenvalue weighted by atomic mass is 9.89. The minimum Gasteiger partial charge on any atom is -0.392 e. The highest BCUT2D eigenvalue weighted by Gasteiger charge is 2.29. The Bertz CT molecular complexity index is 1690. The van der Waals surface area contributed by atoms with E-state index >= 15 is 0 Å². The molecule has 0 radical (unpaired) electrons. The second-order valence-electron chi connectivity index (χ2n) is 9.93. The summed E-state index contributed by atoms with van der Waals surface area (Å²) in [5, 5.41) is 37.5. The van der Waals surface area contributed by atoms with E-state index in [1.807, 2.05) is 82.2 Å². The molecule has 0 saturated carbocycles. The molecule has 2 aromatic heterocycles. The van der Waals surface area contributed by atoms with Crippen LogP contribution in [0, 0.1) is 0 Å². The SMILES string of the molecule is OCc1ccc(Cn2nnc3c2-c2ccccc2-c2c(nnn2Cc2ccc(CO)cc2)-c2ccccc2-3)cc1. The third kappa shape index (κ3) is 4.10. The quantitative estimate of drug-likeness (QED) is 0.319. The number of rotatable bonds is 6. The normalized spacial score (nSPS) is 11.7. The number of aliphatic hydroxyl groups is 2. The molecule has 8 nitrogen and oxygen atoms in total. The van der Waals surface area contributed by atoms with Crippen LogP contribution in [0.5, 0.6) is 0 Å². The molecule has 196 valence electrons. The molecule has 0 saturated heterocycles. The summed E-state index contributed by atoms with van der Waals surface area (Å²) in [6, 6.07) is 32.2. The van der Waals surface area contributed by atoms with Gasteiger partial charge in [0.1, 0.15) is 11.4 Å². The van der Waals surface area contributed by atoms with E-state index in [0.29, 0.717) is 13.1 Å². The Morgan fingerprint density at radius 2 is 0.800 bits per heavy atom. The zero-order valence-electron chi connectivity index (χ0n) is 21.6. The van der Waals surface area contributed by atoms with Gasteiger partial charge in [0, 0.05) is 22.3 Å². The summed E-state index contributed by atoms with van der Waals surface area (Å²) in [6.07, 6.45) is 0. The Kier molecular flexibility index (Phi) is 6.03. The van der Waals surface area contributed by atoms with Crippen molar-refractivity contribution in [3.05, 3.63) is 119 Å². The number of hydrogen-bond donors (Lipinski definition) is 2. The van der Waals surface area contributed by atoms with Gasteiger partial charge in [-0.15, -0.1) is 10.2 Å². The van der Waals surface area contributed by atoms with Gasteiger partial charge in [-0.2, -0.15) is 0 Å². The van der Waals surface area contributed by atoms with Gasteiger partial charge in [-0.3, -0.25) is 0 Å². The molecule has 0 bridgehead atoms. The third-order valence-electron chi connectivity index (χ3n) is 7.42. The first-order chi connectivity index (χ1) is 19.7. The Morgan fingerprint density at radius 1 is 0.450 bits per heavy atom. The minimum atomic E-state index is 0.0127. The number of aliphatic hydroxyl groups excluding tert-OH is 2. The van der Waals surface area contributed by atoms with Crippen LogP contribution in [0.2, 0.25) is 0 Å². The Morgan fingerprint density at radius 3 is 1.18 bits per heavy atom. The monoisotopic (exact) mass is 526 g/mol. The largest absolute Gasteiger partial charge is 0.392 e. The van der Waals surface area contributed by atoms with Crippen LogP contribution >= 0.6 is 0 Å². The molecule has 2 heterocycles. The first-order valence-corrected chi connectivity index (χ1v) is 13.2. The molecular weight excluding hydrogens is 500 g/mol. The van der Waals surface area contributed by atoms with E-state index in [1.54, 1.807) is 0 Å². The molecule has 6 aromatic rings. The van der Waals surface area contributed by atoms with Crippen molar-refractivity contribution in [3.8, 4) is 45.0 Å². The first-order valence-electron chi connectivity index (χ1n) is 13.2. The average molecular weight is 527 g/mol. The zero-order valence-corrected chi connectivity index (χ0v) is 21.6. The van der Waals surface area contributed by atoms with Gasteiger partial charge in [0.25, 0.3) is 0 Å². The van der Waals surface area contributed by atoms with E-state index in [4.69, 9.17) is 0 Å². The van der Waals surface area contributed by atoms with Gasteiger partial charge in [-0.1, -0.05) is 107 Å². The van der Waals surface area contributed by atoms with Crippen LogP contribution in [-0.4, -0.2) is 40.2 Å². The second-order valence-corrected chi connectivity index (χ2v) is 9.93. The number of hydrogen-bond acceptors (Lipinski definition) is 6. The Labute approximate surface area is 230 Å². The maximum atomic E-state index is 9.45. The van der Waals surface area contributed by atoms with Crippen LogP contribution in [0.15, 0.2) is 97.1 Å². The molecule has 8 heteroatoms. The van der Waals surface area contributed by atoms with Gasteiger partial charge in [0.05, 0.1) is 37.7 Å². The number of benzene rings is 4. The van der Waals surface area contributed by atoms with E-state index in [-0.39, 0.29) is 13.2 Å². The summed E-state index contributed by atoms with van der Waals surface area (Å²) in [5.74, 6) is 0. The fraction of sp³-hybridized carbons (Fsp3) is 0.125. The van der Waals surface area contributed by atoms with Gasteiger partial charge in [0.2, 0.25) is 0 Å². The van der Waals surface area contributed by atoms with Crippen LogP contribution < -0.4 is 0 Å². The molecule has 2 N–H and O–H groups in total. The van der Waals surface area contributed by atoms with Gasteiger partial charge in [-0.05, 0) is 22.3 Å². The van der Waals surface area contributed by atoms with Crippen molar-refractivity contribution in [1.29, 1.82) is 0 Å². The number of fused-ring (bicyclic) bond motifs is 8.